The van der Waals surface area contributed by atoms with Crippen molar-refractivity contribution in [1.29, 1.82) is 0 Å². The van der Waals surface area contributed by atoms with E-state index in [9.17, 15) is 0 Å². The van der Waals surface area contributed by atoms with Crippen LogP contribution in [0.5, 0.6) is 0 Å². The highest BCUT2D eigenvalue weighted by Gasteiger charge is 2.48. The molecule has 0 amide bonds. The van der Waals surface area contributed by atoms with Crippen molar-refractivity contribution in [2.45, 2.75) is 31.3 Å². The van der Waals surface area contributed by atoms with Crippen molar-refractivity contribution < 1.29 is 18.9 Å². The maximum Gasteiger partial charge on any atom is 0.115 e. The van der Waals surface area contributed by atoms with Gasteiger partial charge in [-0.1, -0.05) is 0 Å². The Morgan fingerprint density at radius 1 is 1.15 bits per heavy atom. The van der Waals surface area contributed by atoms with Gasteiger partial charge in [0.05, 0.1) is 13.2 Å². The van der Waals surface area contributed by atoms with E-state index in [0.29, 0.717) is 19.8 Å². The zero-order valence-electron chi connectivity index (χ0n) is 8.06. The van der Waals surface area contributed by atoms with Gasteiger partial charge in [-0.25, -0.2) is 0 Å². The van der Waals surface area contributed by atoms with E-state index in [4.69, 9.17) is 18.9 Å². The van der Waals surface area contributed by atoms with Crippen LogP contribution in [0.25, 0.3) is 0 Å². The molecule has 2 aliphatic heterocycles. The molecule has 0 bridgehead atoms. The van der Waals surface area contributed by atoms with E-state index in [1.165, 1.54) is 0 Å². The second-order valence-electron chi connectivity index (χ2n) is 3.36. The first-order valence-corrected chi connectivity index (χ1v) is 4.74. The lowest BCUT2D eigenvalue weighted by Gasteiger charge is -2.15. The SMILES string of the molecule is CCO[C@@H]1CO[C@H]2C1OC[C@H]2OC. The van der Waals surface area contributed by atoms with Gasteiger partial charge in [-0.15, -0.1) is 0 Å². The summed E-state index contributed by atoms with van der Waals surface area (Å²) in [6.45, 7) is 3.94. The largest absolute Gasteiger partial charge is 0.376 e. The Hall–Kier alpha value is -0.160. The minimum atomic E-state index is 0.0709. The van der Waals surface area contributed by atoms with Gasteiger partial charge >= 0.3 is 0 Å². The molecule has 13 heavy (non-hydrogen) atoms. The van der Waals surface area contributed by atoms with Gasteiger partial charge in [-0.05, 0) is 6.92 Å². The van der Waals surface area contributed by atoms with Gasteiger partial charge in [0.25, 0.3) is 0 Å². The quantitative estimate of drug-likeness (QED) is 0.634. The van der Waals surface area contributed by atoms with E-state index in [-0.39, 0.29) is 24.4 Å². The van der Waals surface area contributed by atoms with Crippen molar-refractivity contribution in [1.82, 2.24) is 0 Å². The Morgan fingerprint density at radius 3 is 2.38 bits per heavy atom. The van der Waals surface area contributed by atoms with Crippen molar-refractivity contribution in [2.24, 2.45) is 0 Å². The monoisotopic (exact) mass is 188 g/mol. The van der Waals surface area contributed by atoms with Crippen molar-refractivity contribution in [3.63, 3.8) is 0 Å². The third-order valence-electron chi connectivity index (χ3n) is 2.65. The maximum atomic E-state index is 5.57. The summed E-state index contributed by atoms with van der Waals surface area (Å²) in [5, 5.41) is 0. The topological polar surface area (TPSA) is 36.9 Å². The van der Waals surface area contributed by atoms with Crippen LogP contribution in [0, 0.1) is 0 Å². The second-order valence-corrected chi connectivity index (χ2v) is 3.36. The number of hydrogen-bond donors (Lipinski definition) is 0. The van der Waals surface area contributed by atoms with Gasteiger partial charge in [0, 0.05) is 13.7 Å². The maximum absolute atomic E-state index is 5.57. The minimum absolute atomic E-state index is 0.0709. The predicted octanol–water partition coefficient (Wildman–Crippen LogP) is 0.204. The molecule has 2 rings (SSSR count). The van der Waals surface area contributed by atoms with Crippen LogP contribution in [0.2, 0.25) is 0 Å². The van der Waals surface area contributed by atoms with E-state index in [1.807, 2.05) is 6.92 Å². The summed E-state index contributed by atoms with van der Waals surface area (Å²) in [6, 6.07) is 0. The summed E-state index contributed by atoms with van der Waals surface area (Å²) in [4.78, 5) is 0. The number of hydrogen-bond acceptors (Lipinski definition) is 4. The highest BCUT2D eigenvalue weighted by molar-refractivity contribution is 4.95. The zero-order chi connectivity index (χ0) is 9.26. The summed E-state index contributed by atoms with van der Waals surface area (Å²) in [5.74, 6) is 0. The molecule has 76 valence electrons. The van der Waals surface area contributed by atoms with Crippen LogP contribution in [-0.2, 0) is 18.9 Å². The highest BCUT2D eigenvalue weighted by atomic mass is 16.6. The summed E-state index contributed by atoms with van der Waals surface area (Å²) in [5.41, 5.74) is 0. The molecule has 0 N–H and O–H groups in total. The fourth-order valence-electron chi connectivity index (χ4n) is 1.99. The van der Waals surface area contributed by atoms with Gasteiger partial charge in [0.2, 0.25) is 0 Å². The molecule has 2 aliphatic rings. The third-order valence-corrected chi connectivity index (χ3v) is 2.65. The molecule has 1 unspecified atom stereocenters. The van der Waals surface area contributed by atoms with Gasteiger partial charge in [0.15, 0.2) is 0 Å². The van der Waals surface area contributed by atoms with Gasteiger partial charge in [-0.2, -0.15) is 0 Å². The molecule has 4 heteroatoms. The van der Waals surface area contributed by atoms with E-state index >= 15 is 0 Å². The Bertz CT molecular complexity index is 173. The number of ether oxygens (including phenoxy) is 4. The standard InChI is InChI=1S/C9H16O4/c1-3-11-7-5-13-8-6(10-2)4-12-9(7)8/h6-9H,3-5H2,1-2H3/t6-,7-,8-,9?/m1/s1. The lowest BCUT2D eigenvalue weighted by atomic mass is 10.1. The van der Waals surface area contributed by atoms with Crippen LogP contribution in [0.3, 0.4) is 0 Å². The average molecular weight is 188 g/mol. The van der Waals surface area contributed by atoms with Crippen molar-refractivity contribution in [2.75, 3.05) is 26.9 Å². The molecule has 0 aromatic heterocycles. The lowest BCUT2D eigenvalue weighted by molar-refractivity contribution is -0.0383. The fourth-order valence-corrected chi connectivity index (χ4v) is 1.99. The van der Waals surface area contributed by atoms with Crippen LogP contribution < -0.4 is 0 Å². The molecule has 4 nitrogen and oxygen atoms in total. The van der Waals surface area contributed by atoms with E-state index in [1.54, 1.807) is 7.11 Å². The molecule has 0 radical (unpaired) electrons. The predicted molar refractivity (Wildman–Crippen MR) is 45.7 cm³/mol. The summed E-state index contributed by atoms with van der Waals surface area (Å²) in [7, 11) is 1.69. The third kappa shape index (κ3) is 1.59. The number of rotatable bonds is 3. The van der Waals surface area contributed by atoms with Crippen LogP contribution >= 0.6 is 0 Å². The molecule has 2 fully saturated rings. The van der Waals surface area contributed by atoms with Crippen LogP contribution in [0.1, 0.15) is 6.92 Å². The van der Waals surface area contributed by atoms with E-state index in [2.05, 4.69) is 0 Å². The number of methoxy groups -OCH3 is 1. The molecular formula is C9H16O4. The van der Waals surface area contributed by atoms with Crippen molar-refractivity contribution in [3.05, 3.63) is 0 Å². The molecule has 0 saturated carbocycles. The minimum Gasteiger partial charge on any atom is -0.376 e. The first-order chi connectivity index (χ1) is 6.36. The molecule has 0 aliphatic carbocycles. The average Bonchev–Trinajstić information content (AvgIpc) is 2.68. The summed E-state index contributed by atoms with van der Waals surface area (Å²) >= 11 is 0. The molecule has 2 heterocycles. The molecule has 2 saturated heterocycles. The zero-order valence-corrected chi connectivity index (χ0v) is 8.06. The van der Waals surface area contributed by atoms with Gasteiger partial charge < -0.3 is 18.9 Å². The van der Waals surface area contributed by atoms with Gasteiger partial charge in [-0.3, -0.25) is 0 Å². The highest BCUT2D eigenvalue weighted by Crippen LogP contribution is 2.29. The lowest BCUT2D eigenvalue weighted by Crippen LogP contribution is -2.33. The van der Waals surface area contributed by atoms with Crippen LogP contribution in [0.15, 0.2) is 0 Å². The van der Waals surface area contributed by atoms with Gasteiger partial charge in [0.1, 0.15) is 24.4 Å². The molecular weight excluding hydrogens is 172 g/mol. The Labute approximate surface area is 78.1 Å². The van der Waals surface area contributed by atoms with E-state index < -0.39 is 0 Å². The molecule has 4 atom stereocenters. The Balaban J connectivity index is 1.95. The summed E-state index contributed by atoms with van der Waals surface area (Å²) < 4.78 is 21.9. The first-order valence-electron chi connectivity index (χ1n) is 4.74. The molecule has 0 aromatic carbocycles. The van der Waals surface area contributed by atoms with Crippen LogP contribution in [-0.4, -0.2) is 51.3 Å². The van der Waals surface area contributed by atoms with Crippen molar-refractivity contribution in [3.8, 4) is 0 Å². The van der Waals surface area contributed by atoms with E-state index in [0.717, 1.165) is 0 Å². The van der Waals surface area contributed by atoms with Crippen LogP contribution in [0.4, 0.5) is 0 Å². The van der Waals surface area contributed by atoms with Crippen molar-refractivity contribution >= 4 is 0 Å². The normalized spacial score (nSPS) is 43.8. The summed E-state index contributed by atoms with van der Waals surface area (Å²) in [6.07, 6.45) is 0.317. The first kappa shape index (κ1) is 9.40. The smallest absolute Gasteiger partial charge is 0.115 e. The Morgan fingerprint density at radius 2 is 1.77 bits per heavy atom. The fraction of sp³-hybridized carbons (Fsp3) is 1.00. The second kappa shape index (κ2) is 3.92. The number of fused-ring (bicyclic) bond motifs is 1. The Kier molecular flexibility index (Phi) is 2.83. The molecule has 0 spiro atoms. The molecule has 0 aromatic rings.